The van der Waals surface area contributed by atoms with Crippen molar-refractivity contribution < 1.29 is 44.0 Å². The molecular formula is C27H41Cl2NSiTi. The Kier molecular flexibility index (Phi) is 9.10. The summed E-state index contributed by atoms with van der Waals surface area (Å²) >= 11 is -0.440. The molecular weight excluding hydrogens is 485 g/mol. The first kappa shape index (κ1) is 29.8. The molecule has 1 aromatic carbocycles. The van der Waals surface area contributed by atoms with Gasteiger partial charge in [0.25, 0.3) is 0 Å². The summed E-state index contributed by atoms with van der Waals surface area (Å²) in [6.07, 6.45) is 0. The molecule has 0 amide bonds. The van der Waals surface area contributed by atoms with Gasteiger partial charge in [-0.05, 0) is 0 Å². The molecule has 1 aliphatic rings. The van der Waals surface area contributed by atoms with Crippen LogP contribution in [0.5, 0.6) is 0 Å². The number of halogens is 2. The second-order valence-corrected chi connectivity index (χ2v) is 17.3. The van der Waals surface area contributed by atoms with Gasteiger partial charge in [-0.15, -0.1) is 0 Å². The van der Waals surface area contributed by atoms with Gasteiger partial charge in [-0.25, -0.2) is 0 Å². The maximum atomic E-state index is 3.96. The van der Waals surface area contributed by atoms with E-state index >= 15 is 0 Å². The van der Waals surface area contributed by atoms with Gasteiger partial charge in [0.05, 0.1) is 0 Å². The Labute approximate surface area is 219 Å². The first-order valence-corrected chi connectivity index (χ1v) is 15.9. The molecule has 0 saturated carbocycles. The molecule has 0 spiro atoms. The molecule has 176 valence electrons. The maximum absolute atomic E-state index is 3.96. The van der Waals surface area contributed by atoms with Gasteiger partial charge in [0.1, 0.15) is 0 Å². The summed E-state index contributed by atoms with van der Waals surface area (Å²) in [4.78, 5) is 3.96. The Morgan fingerprint density at radius 3 is 1.91 bits per heavy atom. The molecule has 1 heterocycles. The van der Waals surface area contributed by atoms with Crippen molar-refractivity contribution in [1.82, 2.24) is 4.98 Å². The summed E-state index contributed by atoms with van der Waals surface area (Å²) in [5, 5.41) is 1.81. The molecule has 0 bridgehead atoms. The Morgan fingerprint density at radius 2 is 1.44 bits per heavy atom. The summed E-state index contributed by atoms with van der Waals surface area (Å²) in [7, 11) is -0.901. The fourth-order valence-electron chi connectivity index (χ4n) is 5.22. The average molecular weight is 526 g/mol. The minimum Gasteiger partial charge on any atom is -1.00 e. The number of benzene rings is 1. The van der Waals surface area contributed by atoms with Crippen LogP contribution in [0.3, 0.4) is 0 Å². The third kappa shape index (κ3) is 4.78. The Balaban J connectivity index is 0.00000256. The number of fused-ring (bicyclic) bond motifs is 1. The number of aromatic nitrogens is 1. The summed E-state index contributed by atoms with van der Waals surface area (Å²) in [6, 6.07) is 6.86. The number of hydrogen-bond donors (Lipinski definition) is 1. The van der Waals surface area contributed by atoms with Crippen molar-refractivity contribution in [2.24, 2.45) is 0 Å². The Morgan fingerprint density at radius 1 is 0.875 bits per heavy atom. The van der Waals surface area contributed by atoms with Crippen LogP contribution in [0.1, 0.15) is 80.4 Å². The van der Waals surface area contributed by atoms with E-state index in [1.807, 2.05) is 0 Å². The molecule has 1 N–H and O–H groups in total. The van der Waals surface area contributed by atoms with Crippen molar-refractivity contribution >= 4 is 23.7 Å². The van der Waals surface area contributed by atoms with Gasteiger partial charge in [0, 0.05) is 0 Å². The molecule has 1 unspecified atom stereocenters. The monoisotopic (exact) mass is 525 g/mol. The SMILES string of the molecule is CC1=C(C)C(C)([SiH](C)C)[C]([Ti+2][c]2[nH]c3cccc(C(C)(C)C)c3c2C(C)(C)C)=C1C.[Cl-].[Cl-]. The largest absolute Gasteiger partial charge is 1.00 e. The number of rotatable bonds is 3. The van der Waals surface area contributed by atoms with Crippen LogP contribution in [0.25, 0.3) is 10.9 Å². The topological polar surface area (TPSA) is 15.8 Å². The molecule has 0 saturated heterocycles. The van der Waals surface area contributed by atoms with E-state index < -0.39 is 27.9 Å². The van der Waals surface area contributed by atoms with E-state index in [4.69, 9.17) is 0 Å². The van der Waals surface area contributed by atoms with E-state index in [1.165, 1.54) is 16.5 Å². The van der Waals surface area contributed by atoms with Gasteiger partial charge in [-0.1, -0.05) is 0 Å². The van der Waals surface area contributed by atoms with Crippen molar-refractivity contribution in [1.29, 1.82) is 0 Å². The van der Waals surface area contributed by atoms with Crippen LogP contribution in [-0.2, 0) is 30.0 Å². The van der Waals surface area contributed by atoms with E-state index in [1.54, 1.807) is 30.2 Å². The first-order chi connectivity index (χ1) is 13.6. The molecule has 1 atom stereocenters. The summed E-state index contributed by atoms with van der Waals surface area (Å²) in [5.74, 6) is 0. The maximum Gasteiger partial charge on any atom is -1.00 e. The number of nitrogens with one attached hydrogen (secondary N) is 1. The van der Waals surface area contributed by atoms with Crippen LogP contribution >= 0.6 is 0 Å². The van der Waals surface area contributed by atoms with Gasteiger partial charge in [-0.2, -0.15) is 0 Å². The smallest absolute Gasteiger partial charge is 1.00 e. The number of hydrogen-bond acceptors (Lipinski definition) is 0. The van der Waals surface area contributed by atoms with E-state index in [0.29, 0.717) is 5.04 Å². The molecule has 1 nitrogen and oxygen atoms in total. The first-order valence-electron chi connectivity index (χ1n) is 11.4. The van der Waals surface area contributed by atoms with Crippen molar-refractivity contribution in [2.45, 2.75) is 98.2 Å². The third-order valence-corrected chi connectivity index (χ3v) is 13.8. The van der Waals surface area contributed by atoms with Crippen LogP contribution in [0, 0.1) is 0 Å². The van der Waals surface area contributed by atoms with Gasteiger partial charge in [0.15, 0.2) is 0 Å². The number of aromatic amines is 1. The van der Waals surface area contributed by atoms with Crippen molar-refractivity contribution in [3.8, 4) is 0 Å². The molecule has 2 aromatic rings. The van der Waals surface area contributed by atoms with Crippen LogP contribution < -0.4 is 28.8 Å². The molecule has 0 radical (unpaired) electrons. The van der Waals surface area contributed by atoms with Crippen molar-refractivity contribution in [2.75, 3.05) is 0 Å². The Hall–Kier alpha value is -0.249. The van der Waals surface area contributed by atoms with Gasteiger partial charge < -0.3 is 24.8 Å². The quantitative estimate of drug-likeness (QED) is 0.582. The minimum absolute atomic E-state index is 0. The number of H-pyrrole nitrogens is 1. The van der Waals surface area contributed by atoms with Crippen LogP contribution in [-0.4, -0.2) is 13.8 Å². The standard InChI is InChI=1S/C16H22N.C11H19Si.2ClH.Ti/c1-15(2,3)11-8-7-9-13-14(11)12(10-17-13)16(4,5)6;1-8-7-11(4,12(5)6)10(3)9(8)2;;;/h7-9,17H,1-6H3;12H,1-6H3;2*1H;/q;;;;+2/p-2. The predicted octanol–water partition coefficient (Wildman–Crippen LogP) is 1.35. The van der Waals surface area contributed by atoms with Crippen molar-refractivity contribution in [3.63, 3.8) is 0 Å². The fraction of sp³-hybridized carbons (Fsp3) is 0.556. The minimum atomic E-state index is -0.901. The fourth-order valence-corrected chi connectivity index (χ4v) is 11.7. The van der Waals surface area contributed by atoms with E-state index in [-0.39, 0.29) is 35.6 Å². The normalized spacial score (nSPS) is 19.4. The van der Waals surface area contributed by atoms with E-state index in [9.17, 15) is 0 Å². The molecule has 3 rings (SSSR count). The molecule has 1 aromatic heterocycles. The average Bonchev–Trinajstić information content (AvgIpc) is 3.06. The van der Waals surface area contributed by atoms with Crippen LogP contribution in [0.4, 0.5) is 0 Å². The van der Waals surface area contributed by atoms with Crippen LogP contribution in [0.15, 0.2) is 38.8 Å². The van der Waals surface area contributed by atoms with Crippen molar-refractivity contribution in [3.05, 3.63) is 49.9 Å². The molecule has 0 aliphatic heterocycles. The van der Waals surface area contributed by atoms with Gasteiger partial charge in [-0.3, -0.25) is 0 Å². The second-order valence-electron chi connectivity index (χ2n) is 11.8. The molecule has 32 heavy (non-hydrogen) atoms. The molecule has 0 fully saturated rings. The Bertz CT molecular complexity index is 1060. The third-order valence-electron chi connectivity index (χ3n) is 7.59. The summed E-state index contributed by atoms with van der Waals surface area (Å²) < 4.78 is 3.33. The zero-order valence-corrected chi connectivity index (χ0v) is 26.3. The van der Waals surface area contributed by atoms with Crippen LogP contribution in [0.2, 0.25) is 18.1 Å². The van der Waals surface area contributed by atoms with E-state index in [2.05, 4.69) is 106 Å². The molecule has 1 aliphatic carbocycles. The van der Waals surface area contributed by atoms with Gasteiger partial charge in [0.2, 0.25) is 0 Å². The summed E-state index contributed by atoms with van der Waals surface area (Å²) in [5.41, 5.74) is 9.41. The van der Waals surface area contributed by atoms with E-state index in [0.717, 1.165) is 0 Å². The molecule has 5 heteroatoms. The summed E-state index contributed by atoms with van der Waals surface area (Å²) in [6.45, 7) is 29.0. The van der Waals surface area contributed by atoms with Gasteiger partial charge >= 0.3 is 196 Å². The number of allylic oxidation sites excluding steroid dienone is 4. The predicted molar refractivity (Wildman–Crippen MR) is 134 cm³/mol. The zero-order valence-electron chi connectivity index (χ0n) is 22.1. The zero-order chi connectivity index (χ0) is 22.8. The second kappa shape index (κ2) is 9.78.